The van der Waals surface area contributed by atoms with Crippen LogP contribution in [0.4, 0.5) is 29.1 Å². The Kier molecular flexibility index (Phi) is 4.64. The maximum absolute atomic E-state index is 14.0. The Hall–Kier alpha value is -2.94. The average Bonchev–Trinajstić information content (AvgIpc) is 2.61. The molecule has 0 fully saturated rings. The number of hydrogen-bond donors (Lipinski definition) is 2. The van der Waals surface area contributed by atoms with Gasteiger partial charge in [0.1, 0.15) is 23.7 Å². The van der Waals surface area contributed by atoms with E-state index in [-0.39, 0.29) is 18.1 Å². The van der Waals surface area contributed by atoms with Crippen LogP contribution in [-0.4, -0.2) is 22.2 Å². The van der Waals surface area contributed by atoms with Crippen molar-refractivity contribution in [2.45, 2.75) is 12.8 Å². The molecule has 5 nitrogen and oxygen atoms in total. The molecule has 0 radical (unpaired) electrons. The Labute approximate surface area is 145 Å². The molecule has 0 saturated carbocycles. The summed E-state index contributed by atoms with van der Waals surface area (Å²) in [6, 6.07) is 5.15. The summed E-state index contributed by atoms with van der Waals surface area (Å²) >= 11 is 0. The van der Waals surface area contributed by atoms with Gasteiger partial charge in [0.25, 0.3) is 0 Å². The van der Waals surface area contributed by atoms with Gasteiger partial charge in [-0.05, 0) is 30.3 Å². The predicted molar refractivity (Wildman–Crippen MR) is 86.7 cm³/mol. The minimum absolute atomic E-state index is 0.107. The molecule has 9 heteroatoms. The van der Waals surface area contributed by atoms with E-state index in [0.29, 0.717) is 34.3 Å². The highest BCUT2D eigenvalue weighted by Gasteiger charge is 2.31. The number of ether oxygens (including phenoxy) is 1. The fourth-order valence-electron chi connectivity index (χ4n) is 2.46. The Morgan fingerprint density at radius 1 is 1.15 bits per heavy atom. The van der Waals surface area contributed by atoms with Gasteiger partial charge in [-0.1, -0.05) is 0 Å². The van der Waals surface area contributed by atoms with E-state index >= 15 is 0 Å². The molecule has 3 aromatic rings. The van der Waals surface area contributed by atoms with Crippen molar-refractivity contribution in [1.82, 2.24) is 9.97 Å². The summed E-state index contributed by atoms with van der Waals surface area (Å²) in [4.78, 5) is 8.03. The summed E-state index contributed by atoms with van der Waals surface area (Å²) in [6.07, 6.45) is -3.42. The van der Waals surface area contributed by atoms with Crippen LogP contribution in [0.15, 0.2) is 36.7 Å². The van der Waals surface area contributed by atoms with Crippen LogP contribution in [0.2, 0.25) is 0 Å². The number of halogens is 4. The van der Waals surface area contributed by atoms with E-state index in [1.165, 1.54) is 19.5 Å². The molecule has 0 saturated heterocycles. The topological polar surface area (TPSA) is 67.3 Å². The molecule has 0 aliphatic heterocycles. The fourth-order valence-corrected chi connectivity index (χ4v) is 2.46. The van der Waals surface area contributed by atoms with Crippen molar-refractivity contribution < 1.29 is 27.4 Å². The number of aromatic nitrogens is 2. The number of aliphatic hydroxyl groups is 1. The molecule has 0 unspecified atom stereocenters. The summed E-state index contributed by atoms with van der Waals surface area (Å²) in [7, 11) is 1.41. The molecule has 2 aromatic carbocycles. The molecule has 0 aliphatic rings. The molecule has 0 atom stereocenters. The van der Waals surface area contributed by atoms with Crippen LogP contribution in [0.25, 0.3) is 10.9 Å². The third kappa shape index (κ3) is 3.38. The van der Waals surface area contributed by atoms with Gasteiger partial charge < -0.3 is 15.2 Å². The van der Waals surface area contributed by atoms with Gasteiger partial charge in [0, 0.05) is 10.9 Å². The van der Waals surface area contributed by atoms with E-state index in [4.69, 9.17) is 4.74 Å². The van der Waals surface area contributed by atoms with Crippen molar-refractivity contribution in [3.8, 4) is 5.75 Å². The minimum Gasteiger partial charge on any atom is -0.496 e. The zero-order chi connectivity index (χ0) is 18.9. The van der Waals surface area contributed by atoms with Crippen LogP contribution < -0.4 is 10.1 Å². The van der Waals surface area contributed by atoms with Crippen molar-refractivity contribution in [3.63, 3.8) is 0 Å². The van der Waals surface area contributed by atoms with Crippen LogP contribution >= 0.6 is 0 Å². The highest BCUT2D eigenvalue weighted by atomic mass is 19.4. The van der Waals surface area contributed by atoms with Crippen molar-refractivity contribution >= 4 is 22.4 Å². The van der Waals surface area contributed by atoms with Gasteiger partial charge in [-0.3, -0.25) is 0 Å². The van der Waals surface area contributed by atoms with Crippen molar-refractivity contribution in [2.24, 2.45) is 0 Å². The maximum atomic E-state index is 14.0. The van der Waals surface area contributed by atoms with Gasteiger partial charge in [0.15, 0.2) is 0 Å². The fraction of sp³-hybridized carbons (Fsp3) is 0.176. The minimum atomic E-state index is -4.60. The summed E-state index contributed by atoms with van der Waals surface area (Å²) < 4.78 is 57.7. The molecule has 2 N–H and O–H groups in total. The molecule has 3 rings (SSSR count). The largest absolute Gasteiger partial charge is 0.496 e. The smallest absolute Gasteiger partial charge is 0.416 e. The number of fused-ring (bicyclic) bond motifs is 1. The first-order valence-electron chi connectivity index (χ1n) is 7.39. The maximum Gasteiger partial charge on any atom is 0.416 e. The van der Waals surface area contributed by atoms with Crippen molar-refractivity contribution in [2.75, 3.05) is 12.4 Å². The van der Waals surface area contributed by atoms with Crippen LogP contribution in [0.1, 0.15) is 11.1 Å². The monoisotopic (exact) mass is 367 g/mol. The molecule has 1 aromatic heterocycles. The standard InChI is InChI=1S/C17H13F4N3O2/c1-26-15-6-11-13(4-9(15)7-25)22-8-23-16(11)24-14-5-10(17(19,20)21)2-3-12(14)18/h2-6,8,25H,7H2,1H3,(H,22,23,24). The number of rotatable bonds is 4. The van der Waals surface area contributed by atoms with Crippen LogP contribution in [0.5, 0.6) is 5.75 Å². The summed E-state index contributed by atoms with van der Waals surface area (Å²) in [5, 5.41) is 12.3. The van der Waals surface area contributed by atoms with Gasteiger partial charge in [-0.2, -0.15) is 13.2 Å². The SMILES string of the molecule is COc1cc2c(Nc3cc(C(F)(F)F)ccc3F)ncnc2cc1CO. The number of aliphatic hydroxyl groups excluding tert-OH is 1. The van der Waals surface area contributed by atoms with Gasteiger partial charge in [0.05, 0.1) is 30.5 Å². The second-order valence-corrected chi connectivity index (χ2v) is 5.38. The molecule has 26 heavy (non-hydrogen) atoms. The van der Waals surface area contributed by atoms with E-state index < -0.39 is 17.6 Å². The third-order valence-corrected chi connectivity index (χ3v) is 3.75. The molecule has 136 valence electrons. The number of nitrogens with one attached hydrogen (secondary N) is 1. The third-order valence-electron chi connectivity index (χ3n) is 3.75. The molecule has 0 amide bonds. The van der Waals surface area contributed by atoms with Crippen LogP contribution in [0, 0.1) is 5.82 Å². The molecule has 0 spiro atoms. The Balaban J connectivity index is 2.09. The first kappa shape index (κ1) is 17.9. The zero-order valence-corrected chi connectivity index (χ0v) is 13.4. The predicted octanol–water partition coefficient (Wildman–Crippen LogP) is 4.03. The van der Waals surface area contributed by atoms with Gasteiger partial charge in [-0.15, -0.1) is 0 Å². The van der Waals surface area contributed by atoms with Crippen LogP contribution in [0.3, 0.4) is 0 Å². The zero-order valence-electron chi connectivity index (χ0n) is 13.4. The molecular formula is C17H13F4N3O2. The Bertz CT molecular complexity index is 961. The normalized spacial score (nSPS) is 11.6. The van der Waals surface area contributed by atoms with Gasteiger partial charge in [-0.25, -0.2) is 14.4 Å². The van der Waals surface area contributed by atoms with E-state index in [0.717, 1.165) is 6.07 Å². The number of anilines is 2. The lowest BCUT2D eigenvalue weighted by molar-refractivity contribution is -0.137. The molecular weight excluding hydrogens is 354 g/mol. The number of methoxy groups -OCH3 is 1. The number of hydrogen-bond acceptors (Lipinski definition) is 5. The lowest BCUT2D eigenvalue weighted by atomic mass is 10.1. The molecule has 0 aliphatic carbocycles. The second kappa shape index (κ2) is 6.75. The summed E-state index contributed by atoms with van der Waals surface area (Å²) in [6.45, 7) is -0.284. The number of benzene rings is 2. The van der Waals surface area contributed by atoms with Gasteiger partial charge >= 0.3 is 6.18 Å². The highest BCUT2D eigenvalue weighted by Crippen LogP contribution is 2.34. The van der Waals surface area contributed by atoms with Crippen LogP contribution in [-0.2, 0) is 12.8 Å². The number of alkyl halides is 3. The van der Waals surface area contributed by atoms with E-state index in [9.17, 15) is 22.7 Å². The lowest BCUT2D eigenvalue weighted by Gasteiger charge is -2.14. The Morgan fingerprint density at radius 2 is 1.92 bits per heavy atom. The average molecular weight is 367 g/mol. The Morgan fingerprint density at radius 3 is 2.58 bits per heavy atom. The van der Waals surface area contributed by atoms with Crippen molar-refractivity contribution in [3.05, 3.63) is 53.6 Å². The lowest BCUT2D eigenvalue weighted by Crippen LogP contribution is -2.07. The molecule has 0 bridgehead atoms. The van der Waals surface area contributed by atoms with E-state index in [1.807, 2.05) is 0 Å². The summed E-state index contributed by atoms with van der Waals surface area (Å²) in [5.41, 5.74) is -0.459. The van der Waals surface area contributed by atoms with E-state index in [2.05, 4.69) is 15.3 Å². The number of nitrogens with zero attached hydrogens (tertiary/aromatic N) is 2. The van der Waals surface area contributed by atoms with E-state index in [1.54, 1.807) is 6.07 Å². The molecule has 1 heterocycles. The summed E-state index contributed by atoms with van der Waals surface area (Å²) in [5.74, 6) is -0.401. The second-order valence-electron chi connectivity index (χ2n) is 5.38. The highest BCUT2D eigenvalue weighted by molar-refractivity contribution is 5.92. The van der Waals surface area contributed by atoms with Crippen molar-refractivity contribution in [1.29, 1.82) is 0 Å². The first-order valence-corrected chi connectivity index (χ1v) is 7.39. The van der Waals surface area contributed by atoms with Gasteiger partial charge in [0.2, 0.25) is 0 Å². The first-order chi connectivity index (χ1) is 12.3. The quantitative estimate of drug-likeness (QED) is 0.682.